The maximum absolute atomic E-state index is 11.2. The lowest BCUT2D eigenvalue weighted by Gasteiger charge is -2.11. The fraction of sp³-hybridized carbons (Fsp3) is 0.235. The molecule has 0 fully saturated rings. The van der Waals surface area contributed by atoms with Crippen LogP contribution in [-0.4, -0.2) is 31.4 Å². The van der Waals surface area contributed by atoms with Crippen LogP contribution in [0.3, 0.4) is 0 Å². The number of methoxy groups -OCH3 is 1. The Morgan fingerprint density at radius 2 is 1.64 bits per heavy atom. The Morgan fingerprint density at radius 1 is 1.00 bits per heavy atom. The van der Waals surface area contributed by atoms with Crippen molar-refractivity contribution in [3.63, 3.8) is 0 Å². The number of carbonyl (C=O) groups is 1. The molecule has 0 atom stereocenters. The number of ether oxygens (including phenoxy) is 3. The molecular weight excluding hydrogens is 284 g/mol. The third-order valence-corrected chi connectivity index (χ3v) is 3.05. The summed E-state index contributed by atoms with van der Waals surface area (Å²) in [5.74, 6) is 0.509. The third kappa shape index (κ3) is 4.15. The van der Waals surface area contributed by atoms with Gasteiger partial charge in [0.1, 0.15) is 36.0 Å². The summed E-state index contributed by atoms with van der Waals surface area (Å²) in [5, 5.41) is 9.14. The molecular formula is C17H18O5. The van der Waals surface area contributed by atoms with Crippen molar-refractivity contribution < 1.29 is 24.1 Å². The molecule has 0 spiro atoms. The first kappa shape index (κ1) is 15.7. The van der Waals surface area contributed by atoms with Gasteiger partial charge in [0.05, 0.1) is 7.11 Å². The van der Waals surface area contributed by atoms with E-state index in [1.807, 2.05) is 31.2 Å². The molecule has 0 bridgehead atoms. The number of benzene rings is 2. The number of aryl methyl sites for hydroxylation is 1. The zero-order valence-corrected chi connectivity index (χ0v) is 12.5. The van der Waals surface area contributed by atoms with Crippen LogP contribution >= 0.6 is 0 Å². The van der Waals surface area contributed by atoms with Gasteiger partial charge >= 0.3 is 5.97 Å². The Labute approximate surface area is 129 Å². The van der Waals surface area contributed by atoms with E-state index in [-0.39, 0.29) is 17.9 Å². The minimum Gasteiger partial charge on any atom is -0.497 e. The van der Waals surface area contributed by atoms with Crippen LogP contribution in [0.5, 0.6) is 17.2 Å². The first-order chi connectivity index (χ1) is 10.6. The molecule has 0 aliphatic heterocycles. The van der Waals surface area contributed by atoms with Gasteiger partial charge in [0.15, 0.2) is 0 Å². The highest BCUT2D eigenvalue weighted by Gasteiger charge is 2.12. The SMILES string of the molecule is COc1ccc(C(=O)O)c(OCCOc2ccc(C)cc2)c1. The monoisotopic (exact) mass is 302 g/mol. The molecule has 5 heteroatoms. The summed E-state index contributed by atoms with van der Waals surface area (Å²) in [5.41, 5.74) is 1.25. The number of hydrogen-bond donors (Lipinski definition) is 1. The summed E-state index contributed by atoms with van der Waals surface area (Å²) in [6, 6.07) is 12.3. The van der Waals surface area contributed by atoms with Crippen molar-refractivity contribution in [3.8, 4) is 17.2 Å². The quantitative estimate of drug-likeness (QED) is 0.796. The lowest BCUT2D eigenvalue weighted by Crippen LogP contribution is -2.11. The van der Waals surface area contributed by atoms with Crippen LogP contribution in [0.2, 0.25) is 0 Å². The molecule has 22 heavy (non-hydrogen) atoms. The molecule has 0 unspecified atom stereocenters. The minimum atomic E-state index is -1.04. The van der Waals surface area contributed by atoms with Crippen LogP contribution in [0.1, 0.15) is 15.9 Å². The van der Waals surface area contributed by atoms with E-state index in [1.54, 1.807) is 12.1 Å². The third-order valence-electron chi connectivity index (χ3n) is 3.05. The zero-order valence-electron chi connectivity index (χ0n) is 12.5. The van der Waals surface area contributed by atoms with Gasteiger partial charge in [-0.1, -0.05) is 17.7 Å². The molecule has 0 saturated carbocycles. The highest BCUT2D eigenvalue weighted by Crippen LogP contribution is 2.25. The smallest absolute Gasteiger partial charge is 0.339 e. The van der Waals surface area contributed by atoms with Crippen LogP contribution in [0.25, 0.3) is 0 Å². The molecule has 2 rings (SSSR count). The van der Waals surface area contributed by atoms with E-state index >= 15 is 0 Å². The minimum absolute atomic E-state index is 0.0936. The predicted molar refractivity (Wildman–Crippen MR) is 82.1 cm³/mol. The van der Waals surface area contributed by atoms with Gasteiger partial charge in [-0.15, -0.1) is 0 Å². The Balaban J connectivity index is 1.93. The van der Waals surface area contributed by atoms with Gasteiger partial charge in [0.25, 0.3) is 0 Å². The van der Waals surface area contributed by atoms with Crippen molar-refractivity contribution in [1.82, 2.24) is 0 Å². The molecule has 0 heterocycles. The standard InChI is InChI=1S/C17H18O5/c1-12-3-5-13(6-4-12)21-9-10-22-16-11-14(20-2)7-8-15(16)17(18)19/h3-8,11H,9-10H2,1-2H3,(H,18,19). The molecule has 2 aromatic carbocycles. The van der Waals surface area contributed by atoms with Crippen molar-refractivity contribution >= 4 is 5.97 Å². The fourth-order valence-electron chi connectivity index (χ4n) is 1.87. The first-order valence-electron chi connectivity index (χ1n) is 6.84. The molecule has 5 nitrogen and oxygen atoms in total. The number of aromatic carboxylic acids is 1. The van der Waals surface area contributed by atoms with Crippen LogP contribution < -0.4 is 14.2 Å². The van der Waals surface area contributed by atoms with E-state index in [0.717, 1.165) is 11.3 Å². The maximum atomic E-state index is 11.2. The second-order valence-corrected chi connectivity index (χ2v) is 4.68. The average Bonchev–Trinajstić information content (AvgIpc) is 2.52. The maximum Gasteiger partial charge on any atom is 0.339 e. The molecule has 1 N–H and O–H groups in total. The molecule has 2 aromatic rings. The molecule has 0 aliphatic carbocycles. The molecule has 0 aliphatic rings. The fourth-order valence-corrected chi connectivity index (χ4v) is 1.87. The summed E-state index contributed by atoms with van der Waals surface area (Å²) in [6.45, 7) is 2.56. The Morgan fingerprint density at radius 3 is 2.27 bits per heavy atom. The van der Waals surface area contributed by atoms with Crippen molar-refractivity contribution in [3.05, 3.63) is 53.6 Å². The Hall–Kier alpha value is -2.69. The Kier molecular flexibility index (Phi) is 5.25. The van der Waals surface area contributed by atoms with E-state index in [0.29, 0.717) is 12.4 Å². The summed E-state index contributed by atoms with van der Waals surface area (Å²) >= 11 is 0. The van der Waals surface area contributed by atoms with Crippen molar-refractivity contribution in [1.29, 1.82) is 0 Å². The van der Waals surface area contributed by atoms with Crippen LogP contribution in [0.15, 0.2) is 42.5 Å². The van der Waals surface area contributed by atoms with Crippen molar-refractivity contribution in [2.75, 3.05) is 20.3 Å². The topological polar surface area (TPSA) is 65.0 Å². The van der Waals surface area contributed by atoms with Gasteiger partial charge in [0.2, 0.25) is 0 Å². The van der Waals surface area contributed by atoms with E-state index < -0.39 is 5.97 Å². The highest BCUT2D eigenvalue weighted by atomic mass is 16.5. The zero-order chi connectivity index (χ0) is 15.9. The summed E-state index contributed by atoms with van der Waals surface area (Å²) < 4.78 is 16.1. The largest absolute Gasteiger partial charge is 0.497 e. The van der Waals surface area contributed by atoms with Gasteiger partial charge < -0.3 is 19.3 Å². The summed E-state index contributed by atoms with van der Waals surface area (Å²) in [7, 11) is 1.51. The molecule has 0 radical (unpaired) electrons. The molecule has 116 valence electrons. The number of hydrogen-bond acceptors (Lipinski definition) is 4. The van der Waals surface area contributed by atoms with Crippen molar-refractivity contribution in [2.24, 2.45) is 0 Å². The lowest BCUT2D eigenvalue weighted by molar-refractivity contribution is 0.0691. The number of carboxylic acid groups (broad SMARTS) is 1. The van der Waals surface area contributed by atoms with E-state index in [1.165, 1.54) is 13.2 Å². The average molecular weight is 302 g/mol. The van der Waals surface area contributed by atoms with Crippen molar-refractivity contribution in [2.45, 2.75) is 6.92 Å². The highest BCUT2D eigenvalue weighted by molar-refractivity contribution is 5.91. The van der Waals surface area contributed by atoms with Crippen LogP contribution in [0.4, 0.5) is 0 Å². The Bertz CT molecular complexity index is 634. The molecule has 0 aromatic heterocycles. The van der Waals surface area contributed by atoms with Gasteiger partial charge in [0, 0.05) is 6.07 Å². The first-order valence-corrected chi connectivity index (χ1v) is 6.84. The summed E-state index contributed by atoms with van der Waals surface area (Å²) in [4.78, 5) is 11.2. The van der Waals surface area contributed by atoms with Gasteiger partial charge in [-0.05, 0) is 31.2 Å². The van der Waals surface area contributed by atoms with Gasteiger partial charge in [-0.25, -0.2) is 4.79 Å². The number of rotatable bonds is 7. The predicted octanol–water partition coefficient (Wildman–Crippen LogP) is 3.16. The van der Waals surface area contributed by atoms with Crippen LogP contribution in [-0.2, 0) is 0 Å². The lowest BCUT2D eigenvalue weighted by atomic mass is 10.2. The second kappa shape index (κ2) is 7.36. The van der Waals surface area contributed by atoms with E-state index in [9.17, 15) is 4.79 Å². The van der Waals surface area contributed by atoms with Gasteiger partial charge in [-0.3, -0.25) is 0 Å². The van der Waals surface area contributed by atoms with E-state index in [4.69, 9.17) is 19.3 Å². The van der Waals surface area contributed by atoms with Crippen LogP contribution in [0, 0.1) is 6.92 Å². The summed E-state index contributed by atoms with van der Waals surface area (Å²) in [6.07, 6.45) is 0. The van der Waals surface area contributed by atoms with E-state index in [2.05, 4.69) is 0 Å². The molecule has 0 saturated heterocycles. The van der Waals surface area contributed by atoms with Gasteiger partial charge in [-0.2, -0.15) is 0 Å². The number of carboxylic acids is 1. The normalized spacial score (nSPS) is 10.1. The second-order valence-electron chi connectivity index (χ2n) is 4.68. The molecule has 0 amide bonds.